The molecule has 3 nitrogen and oxygen atoms in total. The lowest BCUT2D eigenvalue weighted by atomic mass is 10.1. The molecule has 2 heterocycles. The van der Waals surface area contributed by atoms with E-state index in [2.05, 4.69) is 41.7 Å². The number of hydrogen-bond donors (Lipinski definition) is 1. The van der Waals surface area contributed by atoms with Crippen molar-refractivity contribution >= 4 is 11.3 Å². The Kier molecular flexibility index (Phi) is 6.31. The fourth-order valence-corrected chi connectivity index (χ4v) is 3.23. The van der Waals surface area contributed by atoms with Crippen molar-refractivity contribution in [3.63, 3.8) is 0 Å². The normalized spacial score (nSPS) is 21.1. The average Bonchev–Trinajstić information content (AvgIpc) is 3.07. The van der Waals surface area contributed by atoms with Crippen molar-refractivity contribution in [2.24, 2.45) is 5.92 Å². The van der Waals surface area contributed by atoms with Crippen molar-refractivity contribution in [2.75, 3.05) is 39.9 Å². The summed E-state index contributed by atoms with van der Waals surface area (Å²) in [5.41, 5.74) is 0. The lowest BCUT2D eigenvalue weighted by Crippen LogP contribution is -2.37. The first-order chi connectivity index (χ1) is 9.25. The molecule has 1 saturated heterocycles. The third kappa shape index (κ3) is 5.22. The maximum Gasteiger partial charge on any atom is 0.0507 e. The van der Waals surface area contributed by atoms with Crippen LogP contribution in [0.3, 0.4) is 0 Å². The lowest BCUT2D eigenvalue weighted by molar-refractivity contribution is 0.184. The van der Waals surface area contributed by atoms with Gasteiger partial charge in [-0.05, 0) is 44.2 Å². The number of ether oxygens (including phenoxy) is 1. The second kappa shape index (κ2) is 8.00. The number of rotatable bonds is 8. The summed E-state index contributed by atoms with van der Waals surface area (Å²) in [7, 11) is 2.22. The highest BCUT2D eigenvalue weighted by Crippen LogP contribution is 2.13. The molecule has 4 heteroatoms. The van der Waals surface area contributed by atoms with Gasteiger partial charge in [0.2, 0.25) is 0 Å². The summed E-state index contributed by atoms with van der Waals surface area (Å²) in [5.74, 6) is 0.730. The molecule has 1 aromatic rings. The van der Waals surface area contributed by atoms with Crippen LogP contribution >= 0.6 is 11.3 Å². The van der Waals surface area contributed by atoms with Gasteiger partial charge in [-0.3, -0.25) is 0 Å². The molecule has 1 aliphatic heterocycles. The molecule has 108 valence electrons. The summed E-state index contributed by atoms with van der Waals surface area (Å²) < 4.78 is 5.38. The van der Waals surface area contributed by atoms with Crippen LogP contribution in [0.5, 0.6) is 0 Å². The van der Waals surface area contributed by atoms with Gasteiger partial charge in [-0.1, -0.05) is 6.07 Å². The van der Waals surface area contributed by atoms with E-state index in [9.17, 15) is 0 Å². The van der Waals surface area contributed by atoms with Crippen molar-refractivity contribution in [3.8, 4) is 0 Å². The van der Waals surface area contributed by atoms with Crippen LogP contribution in [0.4, 0.5) is 0 Å². The van der Waals surface area contributed by atoms with E-state index in [1.54, 1.807) is 0 Å². The van der Waals surface area contributed by atoms with Gasteiger partial charge in [-0.2, -0.15) is 0 Å². The van der Waals surface area contributed by atoms with Crippen LogP contribution in [0, 0.1) is 5.92 Å². The summed E-state index contributed by atoms with van der Waals surface area (Å²) in [5, 5.41) is 5.71. The minimum atomic E-state index is 0.607. The molecule has 0 spiro atoms. The van der Waals surface area contributed by atoms with Gasteiger partial charge in [-0.25, -0.2) is 0 Å². The average molecular weight is 282 g/mol. The minimum absolute atomic E-state index is 0.607. The topological polar surface area (TPSA) is 24.5 Å². The molecule has 0 saturated carbocycles. The Bertz CT molecular complexity index is 336. The summed E-state index contributed by atoms with van der Waals surface area (Å²) in [4.78, 5) is 3.92. The summed E-state index contributed by atoms with van der Waals surface area (Å²) in [6.07, 6.45) is 2.38. The van der Waals surface area contributed by atoms with Gasteiger partial charge in [0.05, 0.1) is 6.61 Å². The third-order valence-electron chi connectivity index (χ3n) is 3.93. The van der Waals surface area contributed by atoms with Gasteiger partial charge < -0.3 is 15.0 Å². The molecule has 1 aromatic heterocycles. The van der Waals surface area contributed by atoms with Gasteiger partial charge in [0.1, 0.15) is 0 Å². The Morgan fingerprint density at radius 2 is 2.47 bits per heavy atom. The molecule has 0 amide bonds. The Labute approximate surface area is 121 Å². The highest BCUT2D eigenvalue weighted by Gasteiger charge is 2.15. The van der Waals surface area contributed by atoms with Crippen LogP contribution in [0.2, 0.25) is 0 Å². The predicted molar refractivity (Wildman–Crippen MR) is 81.9 cm³/mol. The van der Waals surface area contributed by atoms with E-state index >= 15 is 0 Å². The molecule has 1 N–H and O–H groups in total. The zero-order valence-corrected chi connectivity index (χ0v) is 12.9. The highest BCUT2D eigenvalue weighted by molar-refractivity contribution is 7.09. The maximum atomic E-state index is 5.38. The first kappa shape index (κ1) is 15.0. The largest absolute Gasteiger partial charge is 0.381 e. The zero-order valence-electron chi connectivity index (χ0n) is 12.1. The Hall–Kier alpha value is -0.420. The molecule has 1 fully saturated rings. The zero-order chi connectivity index (χ0) is 13.5. The second-order valence-corrected chi connectivity index (χ2v) is 6.58. The number of nitrogens with one attached hydrogen (secondary N) is 1. The van der Waals surface area contributed by atoms with Crippen molar-refractivity contribution in [3.05, 3.63) is 22.4 Å². The van der Waals surface area contributed by atoms with Crippen molar-refractivity contribution in [1.29, 1.82) is 0 Å². The van der Waals surface area contributed by atoms with E-state index in [1.165, 1.54) is 11.3 Å². The van der Waals surface area contributed by atoms with Crippen LogP contribution in [0.15, 0.2) is 17.5 Å². The first-order valence-corrected chi connectivity index (χ1v) is 8.14. The van der Waals surface area contributed by atoms with Gasteiger partial charge in [0, 0.05) is 37.2 Å². The molecule has 0 radical (unpaired) electrons. The van der Waals surface area contributed by atoms with Crippen molar-refractivity contribution in [1.82, 2.24) is 10.2 Å². The standard InChI is InChI=1S/C15H26N2OS/c1-13(10-15-4-3-9-19-15)17(2)7-6-16-11-14-5-8-18-12-14/h3-4,9,13-14,16H,5-8,10-12H2,1-2H3. The van der Waals surface area contributed by atoms with E-state index in [1.807, 2.05) is 11.3 Å². The summed E-state index contributed by atoms with van der Waals surface area (Å²) in [6, 6.07) is 4.97. The summed E-state index contributed by atoms with van der Waals surface area (Å²) >= 11 is 1.86. The second-order valence-electron chi connectivity index (χ2n) is 5.55. The van der Waals surface area contributed by atoms with Crippen molar-refractivity contribution < 1.29 is 4.74 Å². The maximum absolute atomic E-state index is 5.38. The van der Waals surface area contributed by atoms with Crippen molar-refractivity contribution in [2.45, 2.75) is 25.8 Å². The van der Waals surface area contributed by atoms with Gasteiger partial charge in [0.15, 0.2) is 0 Å². The molecule has 2 unspecified atom stereocenters. The number of thiophene rings is 1. The fourth-order valence-electron chi connectivity index (χ4n) is 2.40. The van der Waals surface area contributed by atoms with Gasteiger partial charge >= 0.3 is 0 Å². The number of nitrogens with zero attached hydrogens (tertiary/aromatic N) is 1. The van der Waals surface area contributed by atoms with Crippen LogP contribution in [-0.4, -0.2) is 50.8 Å². The number of hydrogen-bond acceptors (Lipinski definition) is 4. The highest BCUT2D eigenvalue weighted by atomic mass is 32.1. The molecule has 19 heavy (non-hydrogen) atoms. The van der Waals surface area contributed by atoms with E-state index in [0.717, 1.165) is 45.2 Å². The summed E-state index contributed by atoms with van der Waals surface area (Å²) in [6.45, 7) is 7.49. The predicted octanol–water partition coefficient (Wildman–Crippen LogP) is 2.24. The molecular formula is C15H26N2OS. The lowest BCUT2D eigenvalue weighted by Gasteiger charge is -2.24. The van der Waals surface area contributed by atoms with Crippen LogP contribution in [0.1, 0.15) is 18.2 Å². The van der Waals surface area contributed by atoms with E-state index < -0.39 is 0 Å². The monoisotopic (exact) mass is 282 g/mol. The smallest absolute Gasteiger partial charge is 0.0507 e. The van der Waals surface area contributed by atoms with E-state index in [-0.39, 0.29) is 0 Å². The van der Waals surface area contributed by atoms with Crippen LogP contribution in [0.25, 0.3) is 0 Å². The fraction of sp³-hybridized carbons (Fsp3) is 0.733. The molecule has 1 aliphatic rings. The molecule has 2 rings (SSSR count). The molecule has 0 aromatic carbocycles. The minimum Gasteiger partial charge on any atom is -0.381 e. The van der Waals surface area contributed by atoms with Gasteiger partial charge in [-0.15, -0.1) is 11.3 Å². The Balaban J connectivity index is 1.56. The third-order valence-corrected chi connectivity index (χ3v) is 4.83. The molecule has 0 bridgehead atoms. The molecular weight excluding hydrogens is 256 g/mol. The van der Waals surface area contributed by atoms with Crippen LogP contribution < -0.4 is 5.32 Å². The van der Waals surface area contributed by atoms with Gasteiger partial charge in [0.25, 0.3) is 0 Å². The molecule has 0 aliphatic carbocycles. The Morgan fingerprint density at radius 3 is 3.16 bits per heavy atom. The number of likely N-dealkylation sites (N-methyl/N-ethyl adjacent to an activating group) is 1. The van der Waals surface area contributed by atoms with Crippen LogP contribution in [-0.2, 0) is 11.2 Å². The quantitative estimate of drug-likeness (QED) is 0.740. The Morgan fingerprint density at radius 1 is 1.58 bits per heavy atom. The van der Waals surface area contributed by atoms with E-state index in [0.29, 0.717) is 6.04 Å². The molecule has 2 atom stereocenters. The van der Waals surface area contributed by atoms with E-state index in [4.69, 9.17) is 4.74 Å². The first-order valence-electron chi connectivity index (χ1n) is 7.27. The SMILES string of the molecule is CC(Cc1cccs1)N(C)CCNCC1CCOC1.